The van der Waals surface area contributed by atoms with Crippen molar-refractivity contribution < 1.29 is 9.72 Å². The zero-order valence-electron chi connectivity index (χ0n) is 13.3. The average molecular weight is 356 g/mol. The summed E-state index contributed by atoms with van der Waals surface area (Å²) in [4.78, 5) is 22.4. The standard InChI is InChI=1S/C18H14ClN3O3/c1-12(16-4-2-3-5-17(16)19)21-18(23)14(11-20)10-13-6-8-15(9-7-13)22(24)25/h2-10,12H,1H3,(H,21,23). The summed E-state index contributed by atoms with van der Waals surface area (Å²) >= 11 is 6.10. The summed E-state index contributed by atoms with van der Waals surface area (Å²) in [5, 5.41) is 23.1. The van der Waals surface area contributed by atoms with E-state index >= 15 is 0 Å². The number of nitro benzene ring substituents is 1. The smallest absolute Gasteiger partial charge is 0.269 e. The van der Waals surface area contributed by atoms with Crippen molar-refractivity contribution in [3.8, 4) is 6.07 Å². The Labute approximate surface area is 149 Å². The van der Waals surface area contributed by atoms with E-state index in [1.54, 1.807) is 25.1 Å². The molecule has 0 saturated carbocycles. The number of hydrogen-bond acceptors (Lipinski definition) is 4. The van der Waals surface area contributed by atoms with E-state index in [1.807, 2.05) is 12.1 Å². The van der Waals surface area contributed by atoms with E-state index in [0.717, 1.165) is 5.56 Å². The molecule has 0 aliphatic heterocycles. The summed E-state index contributed by atoms with van der Waals surface area (Å²) in [6.45, 7) is 1.76. The Kier molecular flexibility index (Phi) is 5.88. The number of carbonyl (C=O) groups is 1. The SMILES string of the molecule is CC(NC(=O)C(C#N)=Cc1ccc([N+](=O)[O-])cc1)c1ccccc1Cl. The number of nitro groups is 1. The fourth-order valence-corrected chi connectivity index (χ4v) is 2.49. The van der Waals surface area contributed by atoms with Crippen molar-refractivity contribution in [2.45, 2.75) is 13.0 Å². The van der Waals surface area contributed by atoms with Gasteiger partial charge in [0.05, 0.1) is 11.0 Å². The molecule has 0 fully saturated rings. The number of halogens is 1. The van der Waals surface area contributed by atoms with Crippen LogP contribution in [-0.4, -0.2) is 10.8 Å². The monoisotopic (exact) mass is 355 g/mol. The second kappa shape index (κ2) is 8.08. The fourth-order valence-electron chi connectivity index (χ4n) is 2.19. The maximum atomic E-state index is 12.3. The number of rotatable bonds is 5. The Bertz CT molecular complexity index is 870. The van der Waals surface area contributed by atoms with Gasteiger partial charge in [0.2, 0.25) is 0 Å². The van der Waals surface area contributed by atoms with Gasteiger partial charge in [0.25, 0.3) is 11.6 Å². The topological polar surface area (TPSA) is 96.0 Å². The van der Waals surface area contributed by atoms with E-state index in [1.165, 1.54) is 30.3 Å². The first-order valence-electron chi connectivity index (χ1n) is 7.34. The van der Waals surface area contributed by atoms with E-state index in [-0.39, 0.29) is 17.3 Å². The lowest BCUT2D eigenvalue weighted by molar-refractivity contribution is -0.384. The second-order valence-electron chi connectivity index (χ2n) is 5.24. The number of nitrogens with zero attached hydrogens (tertiary/aromatic N) is 2. The molecule has 25 heavy (non-hydrogen) atoms. The Morgan fingerprint density at radius 2 is 1.92 bits per heavy atom. The van der Waals surface area contributed by atoms with E-state index in [2.05, 4.69) is 5.32 Å². The molecule has 0 saturated heterocycles. The van der Waals surface area contributed by atoms with Crippen LogP contribution in [-0.2, 0) is 4.79 Å². The predicted octanol–water partition coefficient (Wildman–Crippen LogP) is 4.03. The number of carbonyl (C=O) groups excluding carboxylic acids is 1. The molecule has 2 aromatic carbocycles. The second-order valence-corrected chi connectivity index (χ2v) is 5.64. The molecule has 2 rings (SSSR count). The molecule has 0 bridgehead atoms. The molecule has 1 unspecified atom stereocenters. The maximum absolute atomic E-state index is 12.3. The molecule has 1 amide bonds. The van der Waals surface area contributed by atoms with E-state index in [4.69, 9.17) is 11.6 Å². The molecular formula is C18H14ClN3O3. The molecule has 7 heteroatoms. The van der Waals surface area contributed by atoms with Gasteiger partial charge >= 0.3 is 0 Å². The van der Waals surface area contributed by atoms with Gasteiger partial charge in [0.1, 0.15) is 11.6 Å². The van der Waals surface area contributed by atoms with Crippen LogP contribution in [0.3, 0.4) is 0 Å². The summed E-state index contributed by atoms with van der Waals surface area (Å²) in [5.74, 6) is -0.548. The van der Waals surface area contributed by atoms with E-state index < -0.39 is 10.8 Å². The van der Waals surface area contributed by atoms with Crippen molar-refractivity contribution in [2.24, 2.45) is 0 Å². The fraction of sp³-hybridized carbons (Fsp3) is 0.111. The molecule has 0 aromatic heterocycles. The molecule has 6 nitrogen and oxygen atoms in total. The minimum atomic E-state index is -0.548. The van der Waals surface area contributed by atoms with Crippen molar-refractivity contribution in [3.05, 3.63) is 80.4 Å². The highest BCUT2D eigenvalue weighted by Crippen LogP contribution is 2.22. The van der Waals surface area contributed by atoms with Crippen molar-refractivity contribution >= 4 is 29.3 Å². The number of hydrogen-bond donors (Lipinski definition) is 1. The van der Waals surface area contributed by atoms with Gasteiger partial charge in [-0.2, -0.15) is 5.26 Å². The largest absolute Gasteiger partial charge is 0.345 e. The molecule has 2 aromatic rings. The molecule has 1 atom stereocenters. The molecule has 0 aliphatic rings. The minimum Gasteiger partial charge on any atom is -0.345 e. The molecule has 1 N–H and O–H groups in total. The van der Waals surface area contributed by atoms with E-state index in [0.29, 0.717) is 10.6 Å². The van der Waals surface area contributed by atoms with Crippen molar-refractivity contribution in [1.29, 1.82) is 5.26 Å². The van der Waals surface area contributed by atoms with Crippen LogP contribution in [0.25, 0.3) is 6.08 Å². The first-order valence-corrected chi connectivity index (χ1v) is 7.71. The Morgan fingerprint density at radius 3 is 2.48 bits per heavy atom. The molecule has 126 valence electrons. The normalized spacial score (nSPS) is 12.1. The van der Waals surface area contributed by atoms with Gasteiger partial charge < -0.3 is 5.32 Å². The van der Waals surface area contributed by atoms with Gasteiger partial charge in [0.15, 0.2) is 0 Å². The molecule has 0 radical (unpaired) electrons. The van der Waals surface area contributed by atoms with Crippen molar-refractivity contribution in [3.63, 3.8) is 0 Å². The quantitative estimate of drug-likeness (QED) is 0.379. The maximum Gasteiger partial charge on any atom is 0.269 e. The molecule has 0 aliphatic carbocycles. The van der Waals surface area contributed by atoms with Crippen LogP contribution in [0, 0.1) is 21.4 Å². The summed E-state index contributed by atoms with van der Waals surface area (Å²) in [6, 6.07) is 14.1. The summed E-state index contributed by atoms with van der Waals surface area (Å²) in [6.07, 6.45) is 1.37. The number of amides is 1. The highest BCUT2D eigenvalue weighted by molar-refractivity contribution is 6.31. The number of non-ortho nitro benzene ring substituents is 1. The third-order valence-electron chi connectivity index (χ3n) is 3.50. The first-order chi connectivity index (χ1) is 11.9. The van der Waals surface area contributed by atoms with Gasteiger partial charge in [-0.15, -0.1) is 0 Å². The predicted molar refractivity (Wildman–Crippen MR) is 94.7 cm³/mol. The number of benzene rings is 2. The van der Waals surface area contributed by atoms with Crippen LogP contribution in [0.4, 0.5) is 5.69 Å². The van der Waals surface area contributed by atoms with Crippen LogP contribution in [0.1, 0.15) is 24.1 Å². The lowest BCUT2D eigenvalue weighted by Gasteiger charge is -2.15. The lowest BCUT2D eigenvalue weighted by Crippen LogP contribution is -2.27. The van der Waals surface area contributed by atoms with Crippen LogP contribution in [0.2, 0.25) is 5.02 Å². The minimum absolute atomic E-state index is 0.0625. The summed E-state index contributed by atoms with van der Waals surface area (Å²) < 4.78 is 0. The number of nitriles is 1. The first kappa shape index (κ1) is 18.2. The zero-order chi connectivity index (χ0) is 18.4. The van der Waals surface area contributed by atoms with Crippen molar-refractivity contribution in [1.82, 2.24) is 5.32 Å². The molecule has 0 spiro atoms. The van der Waals surface area contributed by atoms with Gasteiger partial charge in [-0.3, -0.25) is 14.9 Å². The van der Waals surface area contributed by atoms with Gasteiger partial charge in [0, 0.05) is 17.2 Å². The highest BCUT2D eigenvalue weighted by Gasteiger charge is 2.15. The Morgan fingerprint density at radius 1 is 1.28 bits per heavy atom. The average Bonchev–Trinajstić information content (AvgIpc) is 2.60. The lowest BCUT2D eigenvalue weighted by atomic mass is 10.1. The van der Waals surface area contributed by atoms with Gasteiger partial charge in [-0.1, -0.05) is 29.8 Å². The number of nitrogens with one attached hydrogen (secondary N) is 1. The molecular weight excluding hydrogens is 342 g/mol. The highest BCUT2D eigenvalue weighted by atomic mass is 35.5. The zero-order valence-corrected chi connectivity index (χ0v) is 14.0. The summed E-state index contributed by atoms with van der Waals surface area (Å²) in [5.41, 5.74) is 1.09. The van der Waals surface area contributed by atoms with Gasteiger partial charge in [-0.05, 0) is 42.3 Å². The molecule has 0 heterocycles. The van der Waals surface area contributed by atoms with Crippen LogP contribution >= 0.6 is 11.6 Å². The van der Waals surface area contributed by atoms with Gasteiger partial charge in [-0.25, -0.2) is 0 Å². The summed E-state index contributed by atoms with van der Waals surface area (Å²) in [7, 11) is 0. The third-order valence-corrected chi connectivity index (χ3v) is 3.84. The van der Waals surface area contributed by atoms with Crippen molar-refractivity contribution in [2.75, 3.05) is 0 Å². The van der Waals surface area contributed by atoms with Crippen LogP contribution in [0.15, 0.2) is 54.1 Å². The van der Waals surface area contributed by atoms with Crippen LogP contribution in [0.5, 0.6) is 0 Å². The Balaban J connectivity index is 2.17. The van der Waals surface area contributed by atoms with E-state index in [9.17, 15) is 20.2 Å². The Hall–Kier alpha value is -3.17. The third kappa shape index (κ3) is 4.66. The van der Waals surface area contributed by atoms with Crippen LogP contribution < -0.4 is 5.32 Å².